The topological polar surface area (TPSA) is 248 Å². The fraction of sp³-hybridized carbons (Fsp3) is 0.528. The van der Waals surface area contributed by atoms with E-state index in [2.05, 4.69) is 4.99 Å². The molecule has 16 nitrogen and oxygen atoms in total. The third-order valence-corrected chi connectivity index (χ3v) is 11.2. The van der Waals surface area contributed by atoms with Gasteiger partial charge in [-0.15, -0.1) is 0 Å². The zero-order valence-corrected chi connectivity index (χ0v) is 29.5. The zero-order chi connectivity index (χ0) is 38.4. The Bertz CT molecular complexity index is 1940. The molecule has 16 heteroatoms. The molecule has 3 aliphatic carbocycles. The molecule has 4 aliphatic rings. The first-order valence-electron chi connectivity index (χ1n) is 16.6. The number of aryl methyl sites for hydroxylation is 1. The van der Waals surface area contributed by atoms with Gasteiger partial charge >= 0.3 is 5.97 Å². The van der Waals surface area contributed by atoms with E-state index in [0.717, 1.165) is 20.3 Å². The molecule has 0 saturated carbocycles. The van der Waals surface area contributed by atoms with Crippen LogP contribution in [-0.2, 0) is 41.3 Å². The van der Waals surface area contributed by atoms with E-state index in [0.29, 0.717) is 0 Å². The first-order valence-corrected chi connectivity index (χ1v) is 16.6. The zero-order valence-electron chi connectivity index (χ0n) is 29.5. The number of ether oxygens (including phenoxy) is 5. The Kier molecular flexibility index (Phi) is 9.24. The van der Waals surface area contributed by atoms with Crippen molar-refractivity contribution in [1.82, 2.24) is 0 Å². The van der Waals surface area contributed by atoms with Crippen LogP contribution >= 0.6 is 0 Å². The van der Waals surface area contributed by atoms with Crippen LogP contribution in [0.15, 0.2) is 17.1 Å². The van der Waals surface area contributed by atoms with Crippen LogP contribution in [0.25, 0.3) is 0 Å². The fourth-order valence-corrected chi connectivity index (χ4v) is 8.56. The first-order chi connectivity index (χ1) is 24.5. The van der Waals surface area contributed by atoms with Crippen molar-refractivity contribution in [3.63, 3.8) is 0 Å². The number of hydrogen-bond donors (Lipinski definition) is 6. The van der Waals surface area contributed by atoms with Gasteiger partial charge in [0.1, 0.15) is 41.0 Å². The highest BCUT2D eigenvalue weighted by molar-refractivity contribution is 6.27. The van der Waals surface area contributed by atoms with Gasteiger partial charge in [0, 0.05) is 44.4 Å². The van der Waals surface area contributed by atoms with Crippen molar-refractivity contribution in [3.8, 4) is 11.5 Å². The summed E-state index contributed by atoms with van der Waals surface area (Å²) in [5.41, 5.74) is -11.5. The van der Waals surface area contributed by atoms with Gasteiger partial charge in [-0.2, -0.15) is 0 Å². The second-order valence-corrected chi connectivity index (χ2v) is 13.6. The number of hydrogen-bond acceptors (Lipinski definition) is 16. The molecule has 1 aliphatic heterocycles. The number of ketones is 3. The summed E-state index contributed by atoms with van der Waals surface area (Å²) in [6, 6.07) is 2.34. The van der Waals surface area contributed by atoms with Crippen LogP contribution < -0.4 is 0 Å². The van der Waals surface area contributed by atoms with E-state index < -0.39 is 129 Å². The molecule has 0 bridgehead atoms. The van der Waals surface area contributed by atoms with E-state index in [1.807, 2.05) is 0 Å². The Morgan fingerprint density at radius 2 is 1.63 bits per heavy atom. The summed E-state index contributed by atoms with van der Waals surface area (Å²) in [6.45, 7) is 4.63. The maximum atomic E-state index is 14.8. The van der Waals surface area contributed by atoms with Crippen LogP contribution in [0.3, 0.4) is 0 Å². The second kappa shape index (κ2) is 12.8. The van der Waals surface area contributed by atoms with Crippen LogP contribution in [0.4, 0.5) is 0 Å². The molecule has 0 spiro atoms. The van der Waals surface area contributed by atoms with E-state index in [1.54, 1.807) is 13.8 Å². The molecule has 0 amide bonds. The third-order valence-electron chi connectivity index (χ3n) is 11.2. The largest absolute Gasteiger partial charge is 0.507 e. The Morgan fingerprint density at radius 3 is 2.21 bits per heavy atom. The Labute approximate surface area is 297 Å². The number of aliphatic hydroxyl groups is 4. The third kappa shape index (κ3) is 4.65. The number of esters is 1. The van der Waals surface area contributed by atoms with Crippen molar-refractivity contribution < 1.29 is 73.5 Å². The summed E-state index contributed by atoms with van der Waals surface area (Å²) in [7, 11) is 4.69. The molecule has 2 aromatic carbocycles. The molecule has 9 atom stereocenters. The van der Waals surface area contributed by atoms with Gasteiger partial charge in [0.05, 0.1) is 42.6 Å². The maximum Gasteiger partial charge on any atom is 0.341 e. The standard InChI is InChI=1S/C36H41NO15/c1-8-34(46)17-11-16-22(25(40)23(17)18(38)12-19(34)37-32-29(49-5)27(42)28(48-4)14(3)52-32)31(44)36(51-7)20(39)10-15-9-13(2)21(33(45)50-6)26(41)24(15)35(36,47)30(16)43/h9,11,14,20,27-29,32,39-42,46-47H,8,10,12H2,1-7H3/t14-,20+,27+,28-,29+,32-,34?,35-,36+/m0/s1. The number of fused-ring (bicyclic) bond motifs is 5. The Morgan fingerprint density at radius 1 is 0.981 bits per heavy atom. The molecule has 1 heterocycles. The van der Waals surface area contributed by atoms with Crippen molar-refractivity contribution in [2.24, 2.45) is 4.99 Å². The van der Waals surface area contributed by atoms with E-state index >= 15 is 0 Å². The predicted molar refractivity (Wildman–Crippen MR) is 177 cm³/mol. The molecule has 1 fully saturated rings. The number of nitrogens with zero attached hydrogens (tertiary/aromatic N) is 1. The number of Topliss-reactive ketones (excluding diaryl/α,β-unsaturated/α-hetero) is 3. The minimum Gasteiger partial charge on any atom is -0.507 e. The number of benzene rings is 2. The number of carbonyl (C=O) groups excluding carboxylic acids is 4. The van der Waals surface area contributed by atoms with Crippen molar-refractivity contribution in [2.45, 2.75) is 93.6 Å². The highest BCUT2D eigenvalue weighted by Crippen LogP contribution is 2.57. The number of aliphatic imine (C=N–C) groups is 1. The molecule has 6 rings (SSSR count). The highest BCUT2D eigenvalue weighted by atomic mass is 16.6. The molecule has 1 saturated heterocycles. The quantitative estimate of drug-likeness (QED) is 0.222. The molecule has 2 aromatic rings. The normalized spacial score (nSPS) is 34.8. The molecule has 280 valence electrons. The molecule has 0 aromatic heterocycles. The predicted octanol–water partition coefficient (Wildman–Crippen LogP) is 0.523. The lowest BCUT2D eigenvalue weighted by atomic mass is 9.56. The van der Waals surface area contributed by atoms with Crippen molar-refractivity contribution in [2.75, 3.05) is 28.4 Å². The minimum atomic E-state index is -3.22. The van der Waals surface area contributed by atoms with Crippen LogP contribution in [0.2, 0.25) is 0 Å². The van der Waals surface area contributed by atoms with Crippen LogP contribution in [0.1, 0.15) is 90.4 Å². The summed E-state index contributed by atoms with van der Waals surface area (Å²) in [5, 5.41) is 70.6. The van der Waals surface area contributed by atoms with Gasteiger partial charge in [-0.05, 0) is 37.5 Å². The SMILES string of the molecule is CCC1(O)C(=N[C@H]2O[C@@H](C)[C@H](OC)[C@@H](O)[C@H]2OC)CC(=O)c2c1cc1c(c2O)C(=O)[C@]2(OC)[C@H](O)Cc3cc(C)c(C(=O)OC)c(O)c3[C@]2(O)C1=O. The monoisotopic (exact) mass is 727 g/mol. The minimum absolute atomic E-state index is 0.0130. The van der Waals surface area contributed by atoms with Gasteiger partial charge in [-0.3, -0.25) is 19.4 Å². The van der Waals surface area contributed by atoms with Crippen molar-refractivity contribution >= 4 is 29.0 Å². The Hall–Kier alpha value is -4.13. The number of aliphatic hydroxyl groups excluding tert-OH is 2. The van der Waals surface area contributed by atoms with Crippen LogP contribution in [-0.4, -0.2) is 130 Å². The lowest BCUT2D eigenvalue weighted by Crippen LogP contribution is -2.73. The van der Waals surface area contributed by atoms with Gasteiger partial charge in [0.2, 0.25) is 11.6 Å². The number of phenolic OH excluding ortho intramolecular Hbond substituents is 2. The van der Waals surface area contributed by atoms with E-state index in [1.165, 1.54) is 27.2 Å². The van der Waals surface area contributed by atoms with Gasteiger partial charge in [0.15, 0.2) is 23.2 Å². The number of carbonyl (C=O) groups is 4. The average molecular weight is 728 g/mol. The number of methoxy groups -OCH3 is 4. The van der Waals surface area contributed by atoms with Gasteiger partial charge in [-0.1, -0.05) is 13.0 Å². The van der Waals surface area contributed by atoms with Gasteiger partial charge < -0.3 is 54.3 Å². The van der Waals surface area contributed by atoms with Crippen molar-refractivity contribution in [1.29, 1.82) is 0 Å². The molecule has 1 unspecified atom stereocenters. The van der Waals surface area contributed by atoms with Gasteiger partial charge in [0.25, 0.3) is 0 Å². The van der Waals surface area contributed by atoms with E-state index in [4.69, 9.17) is 23.7 Å². The van der Waals surface area contributed by atoms with Crippen LogP contribution in [0.5, 0.6) is 11.5 Å². The van der Waals surface area contributed by atoms with Crippen LogP contribution in [0, 0.1) is 6.92 Å². The maximum absolute atomic E-state index is 14.8. The summed E-state index contributed by atoms with van der Waals surface area (Å²) in [4.78, 5) is 60.5. The number of phenols is 2. The second-order valence-electron chi connectivity index (χ2n) is 13.6. The molecule has 6 N–H and O–H groups in total. The highest BCUT2D eigenvalue weighted by Gasteiger charge is 2.73. The molecule has 0 radical (unpaired) electrons. The molecular formula is C36H41NO15. The van der Waals surface area contributed by atoms with E-state index in [9.17, 15) is 49.8 Å². The fourth-order valence-electron chi connectivity index (χ4n) is 8.56. The summed E-state index contributed by atoms with van der Waals surface area (Å²) >= 11 is 0. The number of rotatable bonds is 6. The molecular weight excluding hydrogens is 686 g/mol. The molecule has 52 heavy (non-hydrogen) atoms. The van der Waals surface area contributed by atoms with Crippen molar-refractivity contribution in [3.05, 3.63) is 56.6 Å². The summed E-state index contributed by atoms with van der Waals surface area (Å²) in [5.74, 6) is -6.38. The first kappa shape index (κ1) is 37.6. The number of aromatic hydroxyl groups is 2. The average Bonchev–Trinajstić information content (AvgIpc) is 3.09. The summed E-state index contributed by atoms with van der Waals surface area (Å²) < 4.78 is 27.1. The van der Waals surface area contributed by atoms with Gasteiger partial charge in [-0.25, -0.2) is 4.79 Å². The smallest absolute Gasteiger partial charge is 0.341 e. The van der Waals surface area contributed by atoms with E-state index in [-0.39, 0.29) is 28.8 Å². The summed E-state index contributed by atoms with van der Waals surface area (Å²) in [6.07, 6.45) is -8.20. The lowest BCUT2D eigenvalue weighted by molar-refractivity contribution is -0.228. The Balaban J connectivity index is 1.60. The lowest BCUT2D eigenvalue weighted by Gasteiger charge is -2.53.